The molecule has 0 aromatic heterocycles. The molecule has 1 aromatic rings. The van der Waals surface area contributed by atoms with Crippen molar-refractivity contribution in [2.45, 2.75) is 18.7 Å². The van der Waals surface area contributed by atoms with Crippen molar-refractivity contribution in [1.29, 1.82) is 0 Å². The summed E-state index contributed by atoms with van der Waals surface area (Å²) in [5.41, 5.74) is 0.129. The number of nitrogens with one attached hydrogen (secondary N) is 2. The summed E-state index contributed by atoms with van der Waals surface area (Å²) < 4.78 is 44.0. The maximum Gasteiger partial charge on any atom is 0.321 e. The van der Waals surface area contributed by atoms with Crippen LogP contribution >= 0.6 is 0 Å². The number of amides is 1. The second-order valence-corrected chi connectivity index (χ2v) is 5.69. The number of benzene rings is 1. The molecule has 0 aliphatic rings. The second-order valence-electron chi connectivity index (χ2n) is 3.96. The third-order valence-corrected chi connectivity index (χ3v) is 3.69. The molecule has 9 heteroatoms. The highest BCUT2D eigenvalue weighted by Gasteiger charge is 2.20. The molecule has 0 aliphatic carbocycles. The van der Waals surface area contributed by atoms with Crippen LogP contribution in [0.5, 0.6) is 0 Å². The average molecular weight is 318 g/mol. The van der Waals surface area contributed by atoms with Gasteiger partial charge in [-0.3, -0.25) is 9.59 Å². The fourth-order valence-corrected chi connectivity index (χ4v) is 2.47. The van der Waals surface area contributed by atoms with Gasteiger partial charge in [0.25, 0.3) is 0 Å². The Kier molecular flexibility index (Phi) is 5.79. The quantitative estimate of drug-likeness (QED) is 0.749. The highest BCUT2D eigenvalue weighted by molar-refractivity contribution is 7.89. The lowest BCUT2D eigenvalue weighted by atomic mass is 10.3. The van der Waals surface area contributed by atoms with Crippen molar-refractivity contribution in [3.63, 3.8) is 0 Å². The number of halogens is 1. The normalized spacial score (nSPS) is 11.0. The molecule has 0 spiro atoms. The first-order valence-corrected chi connectivity index (χ1v) is 7.47. The van der Waals surface area contributed by atoms with E-state index in [1.165, 1.54) is 13.0 Å². The minimum Gasteiger partial charge on any atom is -0.465 e. The molecular formula is C12H15FN2O5S. The third kappa shape index (κ3) is 5.12. The van der Waals surface area contributed by atoms with E-state index in [1.807, 2.05) is 4.72 Å². The summed E-state index contributed by atoms with van der Waals surface area (Å²) in [6, 6.07) is 3.11. The van der Waals surface area contributed by atoms with Crippen LogP contribution < -0.4 is 10.0 Å². The average Bonchev–Trinajstić information content (AvgIpc) is 2.36. The van der Waals surface area contributed by atoms with Gasteiger partial charge in [0.1, 0.15) is 17.3 Å². The number of rotatable bonds is 6. The smallest absolute Gasteiger partial charge is 0.321 e. The molecule has 0 unspecified atom stereocenters. The number of anilines is 1. The van der Waals surface area contributed by atoms with E-state index in [0.717, 1.165) is 12.1 Å². The van der Waals surface area contributed by atoms with Gasteiger partial charge in [0.15, 0.2) is 0 Å². The van der Waals surface area contributed by atoms with Crippen LogP contribution in [0.3, 0.4) is 0 Å². The molecule has 0 aliphatic heterocycles. The Labute approximate surface area is 121 Å². The van der Waals surface area contributed by atoms with Crippen LogP contribution in [0.2, 0.25) is 0 Å². The first-order chi connectivity index (χ1) is 9.76. The summed E-state index contributed by atoms with van der Waals surface area (Å²) >= 11 is 0. The molecule has 2 N–H and O–H groups in total. The fourth-order valence-electron chi connectivity index (χ4n) is 1.44. The Bertz CT molecular complexity index is 645. The lowest BCUT2D eigenvalue weighted by Gasteiger charge is -2.09. The monoisotopic (exact) mass is 318 g/mol. The van der Waals surface area contributed by atoms with Gasteiger partial charge in [0.05, 0.1) is 6.61 Å². The molecule has 21 heavy (non-hydrogen) atoms. The summed E-state index contributed by atoms with van der Waals surface area (Å²) in [7, 11) is -4.19. The third-order valence-electron chi connectivity index (χ3n) is 2.25. The SMILES string of the molecule is CCOC(=O)CNS(=O)(=O)c1ccc(NC(C)=O)cc1F. The van der Waals surface area contributed by atoms with Crippen LogP contribution in [-0.2, 0) is 24.3 Å². The van der Waals surface area contributed by atoms with Crippen molar-refractivity contribution in [3.8, 4) is 0 Å². The van der Waals surface area contributed by atoms with E-state index in [9.17, 15) is 22.4 Å². The van der Waals surface area contributed by atoms with Crippen LogP contribution in [0.25, 0.3) is 0 Å². The van der Waals surface area contributed by atoms with Gasteiger partial charge >= 0.3 is 5.97 Å². The number of carbonyl (C=O) groups excluding carboxylic acids is 2. The summed E-state index contributed by atoms with van der Waals surface area (Å²) in [5.74, 6) is -2.22. The minimum atomic E-state index is -4.19. The lowest BCUT2D eigenvalue weighted by molar-refractivity contribution is -0.141. The molecule has 0 heterocycles. The molecule has 0 radical (unpaired) electrons. The Balaban J connectivity index is 2.88. The highest BCUT2D eigenvalue weighted by atomic mass is 32.2. The molecule has 1 rings (SSSR count). The van der Waals surface area contributed by atoms with Gasteiger partial charge in [0, 0.05) is 12.6 Å². The summed E-state index contributed by atoms with van der Waals surface area (Å²) in [4.78, 5) is 21.3. The lowest BCUT2D eigenvalue weighted by Crippen LogP contribution is -2.31. The highest BCUT2D eigenvalue weighted by Crippen LogP contribution is 2.18. The zero-order chi connectivity index (χ0) is 16.0. The molecule has 7 nitrogen and oxygen atoms in total. The van der Waals surface area contributed by atoms with Gasteiger partial charge in [-0.1, -0.05) is 0 Å². The molecule has 0 fully saturated rings. The first kappa shape index (κ1) is 17.1. The molecule has 0 bridgehead atoms. The fraction of sp³-hybridized carbons (Fsp3) is 0.333. The van der Waals surface area contributed by atoms with E-state index >= 15 is 0 Å². The van der Waals surface area contributed by atoms with Crippen LogP contribution in [0.1, 0.15) is 13.8 Å². The van der Waals surface area contributed by atoms with Crippen molar-refractivity contribution < 1.29 is 27.1 Å². The van der Waals surface area contributed by atoms with E-state index in [-0.39, 0.29) is 12.3 Å². The van der Waals surface area contributed by atoms with Crippen molar-refractivity contribution in [2.75, 3.05) is 18.5 Å². The summed E-state index contributed by atoms with van der Waals surface area (Å²) in [6.07, 6.45) is 0. The van der Waals surface area contributed by atoms with E-state index in [4.69, 9.17) is 0 Å². The Morgan fingerprint density at radius 1 is 1.33 bits per heavy atom. The van der Waals surface area contributed by atoms with E-state index < -0.39 is 39.2 Å². The van der Waals surface area contributed by atoms with Crippen molar-refractivity contribution in [3.05, 3.63) is 24.0 Å². The van der Waals surface area contributed by atoms with Crippen molar-refractivity contribution >= 4 is 27.6 Å². The number of hydrogen-bond acceptors (Lipinski definition) is 5. The van der Waals surface area contributed by atoms with Crippen LogP contribution in [0, 0.1) is 5.82 Å². The number of hydrogen-bond donors (Lipinski definition) is 2. The molecule has 0 atom stereocenters. The molecule has 116 valence electrons. The topological polar surface area (TPSA) is 102 Å². The molecule has 1 aromatic carbocycles. The zero-order valence-corrected chi connectivity index (χ0v) is 12.3. The molecule has 0 saturated carbocycles. The zero-order valence-electron chi connectivity index (χ0n) is 11.5. The summed E-state index contributed by atoms with van der Waals surface area (Å²) in [5, 5.41) is 2.32. The predicted molar refractivity (Wildman–Crippen MR) is 72.5 cm³/mol. The van der Waals surface area contributed by atoms with E-state index in [1.54, 1.807) is 6.92 Å². The van der Waals surface area contributed by atoms with Gasteiger partial charge < -0.3 is 10.1 Å². The second kappa shape index (κ2) is 7.14. The Morgan fingerprint density at radius 2 is 2.00 bits per heavy atom. The van der Waals surface area contributed by atoms with Gasteiger partial charge in [-0.05, 0) is 25.1 Å². The Morgan fingerprint density at radius 3 is 2.52 bits per heavy atom. The van der Waals surface area contributed by atoms with E-state index in [2.05, 4.69) is 10.1 Å². The van der Waals surface area contributed by atoms with E-state index in [0.29, 0.717) is 0 Å². The van der Waals surface area contributed by atoms with Gasteiger partial charge in [-0.15, -0.1) is 0 Å². The first-order valence-electron chi connectivity index (χ1n) is 5.98. The van der Waals surface area contributed by atoms with Crippen LogP contribution in [-0.4, -0.2) is 33.4 Å². The predicted octanol–water partition coefficient (Wildman–Crippen LogP) is 0.626. The van der Waals surface area contributed by atoms with Gasteiger partial charge in [-0.25, -0.2) is 12.8 Å². The van der Waals surface area contributed by atoms with Gasteiger partial charge in [-0.2, -0.15) is 4.72 Å². The van der Waals surface area contributed by atoms with Crippen molar-refractivity contribution in [1.82, 2.24) is 4.72 Å². The van der Waals surface area contributed by atoms with Crippen LogP contribution in [0.15, 0.2) is 23.1 Å². The minimum absolute atomic E-state index is 0.111. The molecule has 0 saturated heterocycles. The maximum absolute atomic E-state index is 13.8. The number of carbonyl (C=O) groups is 2. The number of sulfonamides is 1. The molecular weight excluding hydrogens is 303 g/mol. The Hall–Kier alpha value is -2.00. The van der Waals surface area contributed by atoms with Crippen LogP contribution in [0.4, 0.5) is 10.1 Å². The standard InChI is InChI=1S/C12H15FN2O5S/c1-3-20-12(17)7-14-21(18,19)11-5-4-9(6-10(11)13)15-8(2)16/h4-6,14H,3,7H2,1-2H3,(H,15,16). The van der Waals surface area contributed by atoms with Crippen molar-refractivity contribution in [2.24, 2.45) is 0 Å². The van der Waals surface area contributed by atoms with Gasteiger partial charge in [0.2, 0.25) is 15.9 Å². The largest absolute Gasteiger partial charge is 0.465 e. The number of ether oxygens (including phenoxy) is 1. The molecule has 1 amide bonds. The summed E-state index contributed by atoms with van der Waals surface area (Å²) in [6.45, 7) is 2.33. The number of esters is 1. The maximum atomic E-state index is 13.8.